The second-order valence-corrected chi connectivity index (χ2v) is 7.27. The van der Waals surface area contributed by atoms with Crippen molar-refractivity contribution >= 4 is 6.09 Å². The number of aliphatic hydroxyl groups is 1. The summed E-state index contributed by atoms with van der Waals surface area (Å²) < 4.78 is 25.0. The smallest absolute Gasteiger partial charge is 0.407 e. The van der Waals surface area contributed by atoms with Crippen molar-refractivity contribution in [1.82, 2.24) is 5.32 Å². The molecule has 5 nitrogen and oxygen atoms in total. The van der Waals surface area contributed by atoms with Crippen molar-refractivity contribution in [3.05, 3.63) is 65.5 Å². The van der Waals surface area contributed by atoms with Crippen LogP contribution in [0.4, 0.5) is 9.18 Å². The molecule has 0 saturated heterocycles. The average Bonchev–Trinajstić information content (AvgIpc) is 2.59. The number of benzene rings is 2. The SMILES string of the molecule is CC(C)(C)OC(=O)NC(CO)Cc1ccc(OCc2ccccc2)c(F)c1. The fourth-order valence-corrected chi connectivity index (χ4v) is 2.44. The molecule has 0 radical (unpaired) electrons. The Balaban J connectivity index is 1.94. The number of rotatable bonds is 7. The standard InChI is InChI=1S/C21H26FNO4/c1-21(2,3)27-20(25)23-17(13-24)11-16-9-10-19(18(22)12-16)26-14-15-7-5-4-6-8-15/h4-10,12,17,24H,11,13-14H2,1-3H3,(H,23,25). The second-order valence-electron chi connectivity index (χ2n) is 7.27. The molecule has 146 valence electrons. The van der Waals surface area contributed by atoms with Gasteiger partial charge in [0.1, 0.15) is 12.2 Å². The zero-order valence-corrected chi connectivity index (χ0v) is 15.9. The Morgan fingerprint density at radius 3 is 2.44 bits per heavy atom. The molecule has 2 aromatic rings. The number of amides is 1. The molecule has 1 atom stereocenters. The first-order chi connectivity index (χ1) is 12.8. The summed E-state index contributed by atoms with van der Waals surface area (Å²) in [5.74, 6) is -0.333. The molecule has 0 spiro atoms. The zero-order chi connectivity index (χ0) is 19.9. The lowest BCUT2D eigenvalue weighted by molar-refractivity contribution is 0.0483. The molecule has 0 aliphatic rings. The van der Waals surface area contributed by atoms with Gasteiger partial charge in [-0.15, -0.1) is 0 Å². The van der Waals surface area contributed by atoms with Crippen LogP contribution in [0.1, 0.15) is 31.9 Å². The van der Waals surface area contributed by atoms with Crippen molar-refractivity contribution in [3.63, 3.8) is 0 Å². The molecule has 0 saturated carbocycles. The van der Waals surface area contributed by atoms with Crippen molar-refractivity contribution in [2.75, 3.05) is 6.61 Å². The van der Waals surface area contributed by atoms with E-state index in [9.17, 15) is 14.3 Å². The Morgan fingerprint density at radius 1 is 1.15 bits per heavy atom. The number of hydrogen-bond acceptors (Lipinski definition) is 4. The highest BCUT2D eigenvalue weighted by Gasteiger charge is 2.19. The predicted molar refractivity (Wildman–Crippen MR) is 101 cm³/mol. The summed E-state index contributed by atoms with van der Waals surface area (Å²) in [6.07, 6.45) is -0.351. The van der Waals surface area contributed by atoms with Gasteiger partial charge in [-0.05, 0) is 50.5 Å². The lowest BCUT2D eigenvalue weighted by Gasteiger charge is -2.23. The highest BCUT2D eigenvalue weighted by molar-refractivity contribution is 5.68. The van der Waals surface area contributed by atoms with Crippen LogP contribution in [0.3, 0.4) is 0 Å². The van der Waals surface area contributed by atoms with E-state index in [-0.39, 0.29) is 25.4 Å². The minimum absolute atomic E-state index is 0.156. The number of ether oxygens (including phenoxy) is 2. The van der Waals surface area contributed by atoms with E-state index in [4.69, 9.17) is 9.47 Å². The predicted octanol–water partition coefficient (Wildman–Crippen LogP) is 3.83. The number of carbonyl (C=O) groups excluding carboxylic acids is 1. The van der Waals surface area contributed by atoms with Crippen LogP contribution in [0.2, 0.25) is 0 Å². The third-order valence-corrected chi connectivity index (χ3v) is 3.66. The number of hydrogen-bond donors (Lipinski definition) is 2. The van der Waals surface area contributed by atoms with Gasteiger partial charge in [-0.25, -0.2) is 9.18 Å². The van der Waals surface area contributed by atoms with E-state index < -0.39 is 23.6 Å². The summed E-state index contributed by atoms with van der Waals surface area (Å²) >= 11 is 0. The van der Waals surface area contributed by atoms with Gasteiger partial charge in [-0.3, -0.25) is 0 Å². The topological polar surface area (TPSA) is 67.8 Å². The maximum Gasteiger partial charge on any atom is 0.407 e. The van der Waals surface area contributed by atoms with Gasteiger partial charge in [0.25, 0.3) is 0 Å². The van der Waals surface area contributed by atoms with E-state index in [1.165, 1.54) is 6.07 Å². The van der Waals surface area contributed by atoms with Gasteiger partial charge in [0.15, 0.2) is 11.6 Å². The molecule has 2 aromatic carbocycles. The maximum absolute atomic E-state index is 14.3. The van der Waals surface area contributed by atoms with Crippen LogP contribution >= 0.6 is 0 Å². The molecule has 6 heteroatoms. The Hall–Kier alpha value is -2.60. The first-order valence-electron chi connectivity index (χ1n) is 8.82. The number of alkyl carbamates (subject to hydrolysis) is 1. The summed E-state index contributed by atoms with van der Waals surface area (Å²) in [4.78, 5) is 11.8. The third-order valence-electron chi connectivity index (χ3n) is 3.66. The Labute approximate surface area is 159 Å². The molecule has 0 bridgehead atoms. The molecule has 2 N–H and O–H groups in total. The molecule has 2 rings (SSSR count). The molecule has 27 heavy (non-hydrogen) atoms. The average molecular weight is 375 g/mol. The summed E-state index contributed by atoms with van der Waals surface area (Å²) in [6, 6.07) is 13.5. The van der Waals surface area contributed by atoms with Gasteiger partial charge in [0.2, 0.25) is 0 Å². The Kier molecular flexibility index (Phi) is 7.19. The van der Waals surface area contributed by atoms with Crippen LogP contribution < -0.4 is 10.1 Å². The molecular formula is C21H26FNO4. The molecule has 1 unspecified atom stereocenters. The number of carbonyl (C=O) groups is 1. The Bertz CT molecular complexity index is 744. The molecule has 1 amide bonds. The number of nitrogens with one attached hydrogen (secondary N) is 1. The van der Waals surface area contributed by atoms with Crippen molar-refractivity contribution < 1.29 is 23.8 Å². The van der Waals surface area contributed by atoms with Gasteiger partial charge < -0.3 is 19.9 Å². The maximum atomic E-state index is 14.3. The van der Waals surface area contributed by atoms with Crippen LogP contribution in [0.5, 0.6) is 5.75 Å². The summed E-state index contributed by atoms with van der Waals surface area (Å²) in [6.45, 7) is 5.25. The van der Waals surface area contributed by atoms with Crippen LogP contribution in [0.25, 0.3) is 0 Å². The summed E-state index contributed by atoms with van der Waals surface area (Å²) in [7, 11) is 0. The van der Waals surface area contributed by atoms with E-state index in [1.807, 2.05) is 30.3 Å². The van der Waals surface area contributed by atoms with Crippen molar-refractivity contribution in [1.29, 1.82) is 0 Å². The van der Waals surface area contributed by atoms with Gasteiger partial charge >= 0.3 is 6.09 Å². The number of aliphatic hydroxyl groups excluding tert-OH is 1. The van der Waals surface area contributed by atoms with Crippen LogP contribution in [-0.4, -0.2) is 29.4 Å². The van der Waals surface area contributed by atoms with E-state index in [1.54, 1.807) is 32.9 Å². The van der Waals surface area contributed by atoms with Gasteiger partial charge in [0, 0.05) is 0 Å². The molecule has 0 aliphatic carbocycles. The van der Waals surface area contributed by atoms with Crippen LogP contribution in [0.15, 0.2) is 48.5 Å². The lowest BCUT2D eigenvalue weighted by Crippen LogP contribution is -2.42. The fourth-order valence-electron chi connectivity index (χ4n) is 2.44. The van der Waals surface area contributed by atoms with E-state index in [0.717, 1.165) is 5.56 Å². The second kappa shape index (κ2) is 9.37. The summed E-state index contributed by atoms with van der Waals surface area (Å²) in [5.41, 5.74) is 0.950. The lowest BCUT2D eigenvalue weighted by atomic mass is 10.1. The van der Waals surface area contributed by atoms with Crippen molar-refractivity contribution in [2.24, 2.45) is 0 Å². The first kappa shape index (κ1) is 20.7. The summed E-state index contributed by atoms with van der Waals surface area (Å²) in [5, 5.41) is 12.1. The normalized spacial score (nSPS) is 12.3. The highest BCUT2D eigenvalue weighted by atomic mass is 19.1. The fraction of sp³-hybridized carbons (Fsp3) is 0.381. The Morgan fingerprint density at radius 2 is 1.85 bits per heavy atom. The van der Waals surface area contributed by atoms with E-state index in [2.05, 4.69) is 5.32 Å². The van der Waals surface area contributed by atoms with Gasteiger partial charge in [-0.1, -0.05) is 36.4 Å². The minimum Gasteiger partial charge on any atom is -0.486 e. The van der Waals surface area contributed by atoms with Gasteiger partial charge in [0.05, 0.1) is 12.6 Å². The van der Waals surface area contributed by atoms with Crippen LogP contribution in [0, 0.1) is 5.82 Å². The molecule has 0 fully saturated rings. The quantitative estimate of drug-likeness (QED) is 0.772. The largest absolute Gasteiger partial charge is 0.486 e. The molecular weight excluding hydrogens is 349 g/mol. The van der Waals surface area contributed by atoms with Crippen molar-refractivity contribution in [3.8, 4) is 5.75 Å². The van der Waals surface area contributed by atoms with E-state index in [0.29, 0.717) is 5.56 Å². The molecule has 0 aliphatic heterocycles. The monoisotopic (exact) mass is 375 g/mol. The minimum atomic E-state index is -0.631. The molecule has 0 aromatic heterocycles. The van der Waals surface area contributed by atoms with Gasteiger partial charge in [-0.2, -0.15) is 0 Å². The number of halogens is 1. The highest BCUT2D eigenvalue weighted by Crippen LogP contribution is 2.20. The zero-order valence-electron chi connectivity index (χ0n) is 15.9. The van der Waals surface area contributed by atoms with Crippen molar-refractivity contribution in [2.45, 2.75) is 45.4 Å². The van der Waals surface area contributed by atoms with E-state index >= 15 is 0 Å². The van der Waals surface area contributed by atoms with Crippen LogP contribution in [-0.2, 0) is 17.8 Å². The molecule has 0 heterocycles. The third kappa shape index (κ3) is 7.27. The first-order valence-corrected chi connectivity index (χ1v) is 8.82.